The van der Waals surface area contributed by atoms with Crippen LogP contribution in [0.3, 0.4) is 0 Å². The van der Waals surface area contributed by atoms with Crippen LogP contribution >= 0.6 is 24.0 Å². The minimum absolute atomic E-state index is 0. The van der Waals surface area contributed by atoms with Crippen molar-refractivity contribution in [3.05, 3.63) is 0 Å². The average Bonchev–Trinajstić information content (AvgIpc) is 2.96. The molecule has 1 rings (SSSR count). The normalized spacial score (nSPS) is 19.3. The summed E-state index contributed by atoms with van der Waals surface area (Å²) in [5, 5.41) is 6.31. The molecule has 2 N–H and O–H groups in total. The molecule has 0 bridgehead atoms. The van der Waals surface area contributed by atoms with Gasteiger partial charge in [0.1, 0.15) is 5.60 Å². The van der Waals surface area contributed by atoms with E-state index in [0.717, 1.165) is 0 Å². The van der Waals surface area contributed by atoms with Crippen LogP contribution in [0.25, 0.3) is 0 Å². The largest absolute Gasteiger partial charge is 0.444 e. The standard InChI is InChI=1S/C18H34F3N5O2.HI/c1-13(25(6)16(27)28-17(2,3)4)7-9-23-15(22-5)24-14-8-10-26(11-14)12-18(19,20)21;/h13-14H,7-12H2,1-6H3,(H2,22,23,24);1H. The molecule has 2 atom stereocenters. The first-order valence-electron chi connectivity index (χ1n) is 9.53. The summed E-state index contributed by atoms with van der Waals surface area (Å²) in [6.07, 6.45) is -3.25. The second-order valence-electron chi connectivity index (χ2n) is 8.21. The van der Waals surface area contributed by atoms with E-state index in [4.69, 9.17) is 4.74 Å². The quantitative estimate of drug-likeness (QED) is 0.310. The average molecular weight is 537 g/mol. The molecule has 7 nitrogen and oxygen atoms in total. The van der Waals surface area contributed by atoms with Gasteiger partial charge in [-0.2, -0.15) is 13.2 Å². The van der Waals surface area contributed by atoms with Gasteiger partial charge in [0, 0.05) is 45.8 Å². The lowest BCUT2D eigenvalue weighted by molar-refractivity contribution is -0.143. The third-order valence-corrected chi connectivity index (χ3v) is 4.44. The van der Waals surface area contributed by atoms with Crippen LogP contribution in [0, 0.1) is 0 Å². The van der Waals surface area contributed by atoms with Gasteiger partial charge in [0.05, 0.1) is 6.54 Å². The first kappa shape index (κ1) is 28.0. The highest BCUT2D eigenvalue weighted by molar-refractivity contribution is 14.0. The number of carbonyl (C=O) groups excluding carboxylic acids is 1. The zero-order valence-electron chi connectivity index (χ0n) is 18.1. The molecular weight excluding hydrogens is 502 g/mol. The molecule has 1 aliphatic heterocycles. The molecule has 0 aromatic heterocycles. The highest BCUT2D eigenvalue weighted by atomic mass is 127. The number of guanidine groups is 1. The van der Waals surface area contributed by atoms with Gasteiger partial charge in [-0.1, -0.05) is 0 Å². The fourth-order valence-electron chi connectivity index (χ4n) is 2.84. The van der Waals surface area contributed by atoms with E-state index in [1.54, 1.807) is 19.0 Å². The number of halogens is 4. The molecule has 1 fully saturated rings. The Labute approximate surface area is 188 Å². The second-order valence-corrected chi connectivity index (χ2v) is 8.21. The topological polar surface area (TPSA) is 69.2 Å². The van der Waals surface area contributed by atoms with Crippen molar-refractivity contribution in [2.45, 2.75) is 64.4 Å². The van der Waals surface area contributed by atoms with Crippen molar-refractivity contribution >= 4 is 36.0 Å². The SMILES string of the molecule is CN=C(NCCC(C)N(C)C(=O)OC(C)(C)C)NC1CCN(CC(F)(F)F)C1.I. The van der Waals surface area contributed by atoms with E-state index < -0.39 is 18.3 Å². The van der Waals surface area contributed by atoms with Gasteiger partial charge in [0.2, 0.25) is 0 Å². The highest BCUT2D eigenvalue weighted by Gasteiger charge is 2.34. The molecule has 0 radical (unpaired) electrons. The van der Waals surface area contributed by atoms with Crippen molar-refractivity contribution in [2.24, 2.45) is 4.99 Å². The lowest BCUT2D eigenvalue weighted by Gasteiger charge is -2.29. The highest BCUT2D eigenvalue weighted by Crippen LogP contribution is 2.20. The number of hydrogen-bond donors (Lipinski definition) is 2. The van der Waals surface area contributed by atoms with E-state index in [1.807, 2.05) is 27.7 Å². The fraction of sp³-hybridized carbons (Fsp3) is 0.889. The van der Waals surface area contributed by atoms with Crippen LogP contribution in [0.2, 0.25) is 0 Å². The molecule has 0 spiro atoms. The number of alkyl halides is 3. The van der Waals surface area contributed by atoms with Crippen molar-refractivity contribution in [3.63, 3.8) is 0 Å². The molecule has 0 aliphatic carbocycles. The van der Waals surface area contributed by atoms with Gasteiger partial charge in [-0.25, -0.2) is 4.79 Å². The van der Waals surface area contributed by atoms with E-state index in [0.29, 0.717) is 38.4 Å². The molecule has 1 heterocycles. The Balaban J connectivity index is 0.00000784. The number of rotatable bonds is 6. The molecule has 1 saturated heterocycles. The number of nitrogens with zero attached hydrogens (tertiary/aromatic N) is 3. The third-order valence-electron chi connectivity index (χ3n) is 4.44. The van der Waals surface area contributed by atoms with Crippen molar-refractivity contribution < 1.29 is 22.7 Å². The summed E-state index contributed by atoms with van der Waals surface area (Å²) in [4.78, 5) is 19.1. The molecule has 29 heavy (non-hydrogen) atoms. The Bertz CT molecular complexity index is 541. The van der Waals surface area contributed by atoms with E-state index in [1.165, 1.54) is 4.90 Å². The summed E-state index contributed by atoms with van der Waals surface area (Å²) in [7, 11) is 3.31. The number of aliphatic imine (C=N–C) groups is 1. The van der Waals surface area contributed by atoms with Gasteiger partial charge in [0.25, 0.3) is 0 Å². The maximum atomic E-state index is 12.5. The Morgan fingerprint density at radius 2 is 1.97 bits per heavy atom. The summed E-state index contributed by atoms with van der Waals surface area (Å²) < 4.78 is 42.8. The van der Waals surface area contributed by atoms with Gasteiger partial charge in [-0.05, 0) is 40.5 Å². The molecular formula is C18H35F3IN5O2. The first-order chi connectivity index (χ1) is 12.8. The van der Waals surface area contributed by atoms with Crippen LogP contribution in [-0.2, 0) is 4.74 Å². The smallest absolute Gasteiger partial charge is 0.410 e. The Morgan fingerprint density at radius 3 is 2.48 bits per heavy atom. The zero-order valence-corrected chi connectivity index (χ0v) is 20.4. The fourth-order valence-corrected chi connectivity index (χ4v) is 2.84. The molecule has 2 unspecified atom stereocenters. The molecule has 11 heteroatoms. The molecule has 0 aromatic rings. The number of nitrogens with one attached hydrogen (secondary N) is 2. The van der Waals surface area contributed by atoms with Crippen LogP contribution in [-0.4, -0.2) is 86.0 Å². The summed E-state index contributed by atoms with van der Waals surface area (Å²) in [5.74, 6) is 0.547. The maximum absolute atomic E-state index is 12.5. The lowest BCUT2D eigenvalue weighted by Crippen LogP contribution is -2.46. The Kier molecular flexibility index (Phi) is 11.6. The maximum Gasteiger partial charge on any atom is 0.410 e. The second kappa shape index (κ2) is 12.0. The summed E-state index contributed by atoms with van der Waals surface area (Å²) >= 11 is 0. The lowest BCUT2D eigenvalue weighted by atomic mass is 10.2. The number of ether oxygens (including phenoxy) is 1. The zero-order chi connectivity index (χ0) is 21.5. The van der Waals surface area contributed by atoms with Crippen molar-refractivity contribution in [1.29, 1.82) is 0 Å². The minimum Gasteiger partial charge on any atom is -0.444 e. The van der Waals surface area contributed by atoms with Crippen LogP contribution < -0.4 is 10.6 Å². The van der Waals surface area contributed by atoms with Gasteiger partial charge in [0.15, 0.2) is 5.96 Å². The van der Waals surface area contributed by atoms with E-state index in [-0.39, 0.29) is 42.2 Å². The molecule has 0 saturated carbocycles. The predicted molar refractivity (Wildman–Crippen MR) is 119 cm³/mol. The van der Waals surface area contributed by atoms with E-state index >= 15 is 0 Å². The Hall–Kier alpha value is -0.980. The molecule has 1 amide bonds. The summed E-state index contributed by atoms with van der Waals surface area (Å²) in [6, 6.07) is -0.121. The Morgan fingerprint density at radius 1 is 1.34 bits per heavy atom. The molecule has 1 aliphatic rings. The van der Waals surface area contributed by atoms with Gasteiger partial charge in [-0.3, -0.25) is 9.89 Å². The summed E-state index contributed by atoms with van der Waals surface area (Å²) in [5.41, 5.74) is -0.545. The van der Waals surface area contributed by atoms with Crippen LogP contribution in [0.15, 0.2) is 4.99 Å². The minimum atomic E-state index is -4.18. The first-order valence-corrected chi connectivity index (χ1v) is 9.53. The van der Waals surface area contributed by atoms with Crippen LogP contribution in [0.1, 0.15) is 40.5 Å². The number of hydrogen-bond acceptors (Lipinski definition) is 4. The van der Waals surface area contributed by atoms with Crippen LogP contribution in [0.4, 0.5) is 18.0 Å². The van der Waals surface area contributed by atoms with Crippen molar-refractivity contribution in [3.8, 4) is 0 Å². The van der Waals surface area contributed by atoms with E-state index in [2.05, 4.69) is 15.6 Å². The van der Waals surface area contributed by atoms with Crippen LogP contribution in [0.5, 0.6) is 0 Å². The molecule has 172 valence electrons. The third kappa shape index (κ3) is 11.7. The van der Waals surface area contributed by atoms with Crippen molar-refractivity contribution in [1.82, 2.24) is 20.4 Å². The van der Waals surface area contributed by atoms with Gasteiger partial charge < -0.3 is 20.3 Å². The number of likely N-dealkylation sites (tertiary alicyclic amines) is 1. The van der Waals surface area contributed by atoms with E-state index in [9.17, 15) is 18.0 Å². The molecule has 0 aromatic carbocycles. The predicted octanol–water partition coefficient (Wildman–Crippen LogP) is 3.05. The van der Waals surface area contributed by atoms with Gasteiger partial charge in [-0.15, -0.1) is 24.0 Å². The number of amides is 1. The number of carbonyl (C=O) groups is 1. The van der Waals surface area contributed by atoms with Gasteiger partial charge >= 0.3 is 12.3 Å². The van der Waals surface area contributed by atoms with Crippen molar-refractivity contribution in [2.75, 3.05) is 40.3 Å². The monoisotopic (exact) mass is 537 g/mol. The summed E-state index contributed by atoms with van der Waals surface area (Å²) in [6.45, 7) is 7.80.